The Bertz CT molecular complexity index is 671. The second kappa shape index (κ2) is 4.20. The van der Waals surface area contributed by atoms with Crippen molar-refractivity contribution in [2.75, 3.05) is 5.01 Å². The summed E-state index contributed by atoms with van der Waals surface area (Å²) < 4.78 is 0. The molecule has 0 atom stereocenters. The van der Waals surface area contributed by atoms with Gasteiger partial charge in [-0.3, -0.25) is 9.59 Å². The number of para-hydroxylation sites is 2. The van der Waals surface area contributed by atoms with Crippen LogP contribution in [0, 0.1) is 0 Å². The molecule has 96 valence electrons. The van der Waals surface area contributed by atoms with E-state index in [4.69, 9.17) is 5.11 Å². The molecule has 1 aromatic heterocycles. The first kappa shape index (κ1) is 11.4. The molecule has 7 nitrogen and oxygen atoms in total. The molecule has 0 spiro atoms. The van der Waals surface area contributed by atoms with Crippen molar-refractivity contribution in [1.29, 1.82) is 0 Å². The number of rotatable bonds is 3. The molecule has 0 aliphatic carbocycles. The summed E-state index contributed by atoms with van der Waals surface area (Å²) in [6.07, 6.45) is -0.216. The van der Waals surface area contributed by atoms with E-state index in [2.05, 4.69) is 15.1 Å². The molecule has 7 heteroatoms. The first-order valence-electron chi connectivity index (χ1n) is 5.69. The lowest BCUT2D eigenvalue weighted by Gasteiger charge is -2.05. The molecule has 0 bridgehead atoms. The zero-order chi connectivity index (χ0) is 13.4. The molecule has 2 aromatic rings. The van der Waals surface area contributed by atoms with E-state index in [0.29, 0.717) is 11.7 Å². The highest BCUT2D eigenvalue weighted by Crippen LogP contribution is 2.21. The normalized spacial score (nSPS) is 15.1. The second-order valence-electron chi connectivity index (χ2n) is 4.20. The summed E-state index contributed by atoms with van der Waals surface area (Å²) in [4.78, 5) is 29.6. The monoisotopic (exact) mass is 258 g/mol. The second-order valence-corrected chi connectivity index (χ2v) is 4.20. The largest absolute Gasteiger partial charge is 0.481 e. The van der Waals surface area contributed by atoms with Gasteiger partial charge in [0.05, 0.1) is 29.6 Å². The molecule has 1 aromatic carbocycles. The minimum absolute atomic E-state index is 0.0172. The van der Waals surface area contributed by atoms with Gasteiger partial charge in [0.15, 0.2) is 0 Å². The molecule has 0 fully saturated rings. The summed E-state index contributed by atoms with van der Waals surface area (Å²) in [6, 6.07) is 7.36. The van der Waals surface area contributed by atoms with E-state index in [1.54, 1.807) is 0 Å². The van der Waals surface area contributed by atoms with E-state index < -0.39 is 5.97 Å². The van der Waals surface area contributed by atoms with Gasteiger partial charge in [0, 0.05) is 0 Å². The fourth-order valence-corrected chi connectivity index (χ4v) is 1.96. The van der Waals surface area contributed by atoms with Crippen molar-refractivity contribution in [2.24, 2.45) is 5.10 Å². The Morgan fingerprint density at radius 2 is 2.21 bits per heavy atom. The average molecular weight is 258 g/mol. The Labute approximate surface area is 107 Å². The average Bonchev–Trinajstić information content (AvgIpc) is 2.91. The van der Waals surface area contributed by atoms with Crippen molar-refractivity contribution < 1.29 is 14.7 Å². The van der Waals surface area contributed by atoms with Crippen LogP contribution in [0.1, 0.15) is 12.8 Å². The Kier molecular flexibility index (Phi) is 2.52. The number of hydrogen-bond donors (Lipinski definition) is 2. The van der Waals surface area contributed by atoms with E-state index in [-0.39, 0.29) is 18.7 Å². The van der Waals surface area contributed by atoms with Crippen LogP contribution < -0.4 is 5.01 Å². The van der Waals surface area contributed by atoms with Gasteiger partial charge >= 0.3 is 5.97 Å². The van der Waals surface area contributed by atoms with Crippen molar-refractivity contribution in [3.05, 3.63) is 24.3 Å². The molecule has 1 aliphatic rings. The number of fused-ring (bicyclic) bond motifs is 1. The van der Waals surface area contributed by atoms with Crippen LogP contribution in [-0.4, -0.2) is 32.7 Å². The number of aromatic nitrogens is 2. The summed E-state index contributed by atoms with van der Waals surface area (Å²) in [6.45, 7) is 0. The molecular formula is C12H10N4O3. The van der Waals surface area contributed by atoms with Gasteiger partial charge in [-0.25, -0.2) is 4.98 Å². The quantitative estimate of drug-likeness (QED) is 0.862. The third kappa shape index (κ3) is 2.05. The first-order valence-corrected chi connectivity index (χ1v) is 5.69. The maximum atomic E-state index is 11.8. The molecular weight excluding hydrogens is 248 g/mol. The van der Waals surface area contributed by atoms with Crippen LogP contribution in [0.3, 0.4) is 0 Å². The Balaban J connectivity index is 1.95. The van der Waals surface area contributed by atoms with Gasteiger partial charge in [0.2, 0.25) is 5.95 Å². The maximum Gasteiger partial charge on any atom is 0.309 e. The summed E-state index contributed by atoms with van der Waals surface area (Å²) in [5, 5.41) is 13.8. The van der Waals surface area contributed by atoms with Gasteiger partial charge in [0.1, 0.15) is 0 Å². The number of nitrogens with one attached hydrogen (secondary N) is 1. The number of carboxylic acid groups (broad SMARTS) is 1. The molecule has 19 heavy (non-hydrogen) atoms. The first-order chi connectivity index (χ1) is 9.13. The number of aromatic amines is 1. The summed E-state index contributed by atoms with van der Waals surface area (Å²) in [5.74, 6) is -0.972. The molecule has 0 saturated heterocycles. The van der Waals surface area contributed by atoms with E-state index in [0.717, 1.165) is 16.0 Å². The molecule has 0 saturated carbocycles. The number of hydrazone groups is 1. The van der Waals surface area contributed by atoms with Gasteiger partial charge in [0.25, 0.3) is 5.91 Å². The zero-order valence-corrected chi connectivity index (χ0v) is 9.83. The zero-order valence-electron chi connectivity index (χ0n) is 9.83. The number of H-pyrrole nitrogens is 1. The van der Waals surface area contributed by atoms with Gasteiger partial charge in [-0.05, 0) is 12.1 Å². The topological polar surface area (TPSA) is 98.6 Å². The molecule has 0 radical (unpaired) electrons. The van der Waals surface area contributed by atoms with Crippen LogP contribution in [0.25, 0.3) is 11.0 Å². The van der Waals surface area contributed by atoms with Crippen molar-refractivity contribution in [3.8, 4) is 0 Å². The number of hydrogen-bond acceptors (Lipinski definition) is 4. The van der Waals surface area contributed by atoms with Crippen LogP contribution in [0.2, 0.25) is 0 Å². The number of carbonyl (C=O) groups excluding carboxylic acids is 1. The van der Waals surface area contributed by atoms with Crippen molar-refractivity contribution in [1.82, 2.24) is 9.97 Å². The van der Waals surface area contributed by atoms with Gasteiger partial charge < -0.3 is 10.1 Å². The SMILES string of the molecule is O=C(O)CC1=NN(c2nc3ccccc3[nH]2)C(=O)C1. The number of carboxylic acids is 1. The number of aliphatic carboxylic acids is 1. The number of benzene rings is 1. The highest BCUT2D eigenvalue weighted by Gasteiger charge is 2.28. The van der Waals surface area contributed by atoms with Crippen LogP contribution >= 0.6 is 0 Å². The molecule has 1 amide bonds. The number of amides is 1. The third-order valence-corrected chi connectivity index (χ3v) is 2.77. The Morgan fingerprint density at radius 1 is 1.42 bits per heavy atom. The van der Waals surface area contributed by atoms with E-state index >= 15 is 0 Å². The number of carbonyl (C=O) groups is 2. The molecule has 2 heterocycles. The number of imidazole rings is 1. The van der Waals surface area contributed by atoms with Crippen LogP contribution in [0.5, 0.6) is 0 Å². The minimum atomic E-state index is -1.00. The van der Waals surface area contributed by atoms with Gasteiger partial charge in [-0.1, -0.05) is 12.1 Å². The lowest BCUT2D eigenvalue weighted by molar-refractivity contribution is -0.135. The summed E-state index contributed by atoms with van der Waals surface area (Å²) >= 11 is 0. The summed E-state index contributed by atoms with van der Waals surface area (Å²) in [5.41, 5.74) is 1.86. The number of anilines is 1. The predicted molar refractivity (Wildman–Crippen MR) is 67.9 cm³/mol. The predicted octanol–water partition coefficient (Wildman–Crippen LogP) is 1.13. The molecule has 3 rings (SSSR count). The molecule has 2 N–H and O–H groups in total. The number of nitrogens with zero attached hydrogens (tertiary/aromatic N) is 3. The Morgan fingerprint density at radius 3 is 2.95 bits per heavy atom. The lowest BCUT2D eigenvalue weighted by atomic mass is 10.2. The van der Waals surface area contributed by atoms with E-state index in [1.807, 2.05) is 24.3 Å². The van der Waals surface area contributed by atoms with Crippen LogP contribution in [0.15, 0.2) is 29.4 Å². The van der Waals surface area contributed by atoms with Crippen LogP contribution in [0.4, 0.5) is 5.95 Å². The fourth-order valence-electron chi connectivity index (χ4n) is 1.96. The lowest BCUT2D eigenvalue weighted by Crippen LogP contribution is -2.20. The smallest absolute Gasteiger partial charge is 0.309 e. The van der Waals surface area contributed by atoms with Crippen molar-refractivity contribution in [3.63, 3.8) is 0 Å². The van der Waals surface area contributed by atoms with Crippen molar-refractivity contribution in [2.45, 2.75) is 12.8 Å². The third-order valence-electron chi connectivity index (χ3n) is 2.77. The highest BCUT2D eigenvalue weighted by atomic mass is 16.4. The van der Waals surface area contributed by atoms with Crippen LogP contribution in [-0.2, 0) is 9.59 Å². The van der Waals surface area contributed by atoms with Gasteiger partial charge in [-0.2, -0.15) is 10.1 Å². The minimum Gasteiger partial charge on any atom is -0.481 e. The van der Waals surface area contributed by atoms with Gasteiger partial charge in [-0.15, -0.1) is 0 Å². The molecule has 1 aliphatic heterocycles. The maximum absolute atomic E-state index is 11.8. The van der Waals surface area contributed by atoms with E-state index in [1.165, 1.54) is 0 Å². The highest BCUT2D eigenvalue weighted by molar-refractivity contribution is 6.16. The standard InChI is InChI=1S/C12H10N4O3/c17-10-5-7(6-11(18)19)15-16(10)12-13-8-3-1-2-4-9(8)14-12/h1-4H,5-6H2,(H,13,14)(H,18,19). The van der Waals surface area contributed by atoms with E-state index in [9.17, 15) is 9.59 Å². The van der Waals surface area contributed by atoms with Crippen molar-refractivity contribution >= 4 is 34.6 Å². The summed E-state index contributed by atoms with van der Waals surface area (Å²) in [7, 11) is 0. The fraction of sp³-hybridized carbons (Fsp3) is 0.167. The molecule has 0 unspecified atom stereocenters. The Hall–Kier alpha value is -2.70.